The fourth-order valence-electron chi connectivity index (χ4n) is 4.00. The van der Waals surface area contributed by atoms with E-state index < -0.39 is 48.4 Å². The molecule has 4 aromatic carbocycles. The molecule has 12 heteroatoms. The first-order valence-corrected chi connectivity index (χ1v) is 13.9. The molecule has 0 saturated heterocycles. The number of ether oxygens (including phenoxy) is 4. The molecule has 0 heterocycles. The van der Waals surface area contributed by atoms with Crippen molar-refractivity contribution in [3.8, 4) is 11.5 Å². The Balaban J connectivity index is 0.000000250. The maximum absolute atomic E-state index is 12.0. The Morgan fingerprint density at radius 2 is 0.935 bits per heavy atom. The van der Waals surface area contributed by atoms with Crippen LogP contribution < -0.4 is 20.1 Å². The molecule has 2 amide bonds. The van der Waals surface area contributed by atoms with Gasteiger partial charge in [0.2, 0.25) is 0 Å². The van der Waals surface area contributed by atoms with E-state index in [0.29, 0.717) is 22.6 Å². The van der Waals surface area contributed by atoms with E-state index in [9.17, 15) is 29.4 Å². The van der Waals surface area contributed by atoms with Crippen LogP contribution in [0.4, 0.5) is 9.59 Å². The number of benzene rings is 4. The van der Waals surface area contributed by atoms with Crippen LogP contribution in [-0.4, -0.2) is 60.7 Å². The minimum atomic E-state index is -1.55. The largest absolute Gasteiger partial charge is 0.467 e. The number of aliphatic hydroxyl groups excluding tert-OH is 2. The number of carbonyl (C=O) groups excluding carboxylic acids is 4. The van der Waals surface area contributed by atoms with Crippen molar-refractivity contribution in [3.63, 3.8) is 0 Å². The van der Waals surface area contributed by atoms with E-state index in [4.69, 9.17) is 9.47 Å². The second-order valence-electron chi connectivity index (χ2n) is 9.41. The number of esters is 2. The van der Waals surface area contributed by atoms with E-state index in [-0.39, 0.29) is 0 Å². The molecular formula is C34H34N2O10. The number of rotatable bonds is 10. The molecular weight excluding hydrogens is 596 g/mol. The molecule has 0 bridgehead atoms. The number of hydrogen-bond acceptors (Lipinski definition) is 10. The van der Waals surface area contributed by atoms with Crippen molar-refractivity contribution in [2.24, 2.45) is 0 Å². The summed E-state index contributed by atoms with van der Waals surface area (Å²) in [6.45, 7) is 0. The van der Waals surface area contributed by atoms with Crippen LogP contribution in [0.3, 0.4) is 0 Å². The molecule has 0 aromatic heterocycles. The lowest BCUT2D eigenvalue weighted by Gasteiger charge is -2.22. The lowest BCUT2D eigenvalue weighted by molar-refractivity contribution is -0.152. The van der Waals surface area contributed by atoms with E-state index >= 15 is 0 Å². The second-order valence-corrected chi connectivity index (χ2v) is 9.41. The maximum atomic E-state index is 12.0. The standard InChI is InChI=1S/2C17H17NO5/c1-22-16(20)14(15(19)12-8-4-2-5-9-12)18-17(21)23-13-10-6-3-7-11-13;1-22-16(20)15(19)14(12-8-4-2-5-9-12)18-17(21)23-13-10-6-3-7-11-13/h2*2-11,14-15,19H,1H3,(H,18,21)/t2*14-,15+/m01/s1. The molecule has 4 N–H and O–H groups in total. The first-order valence-electron chi connectivity index (χ1n) is 13.9. The summed E-state index contributed by atoms with van der Waals surface area (Å²) in [5.74, 6) is -0.947. The molecule has 4 atom stereocenters. The number of para-hydroxylation sites is 2. The fraction of sp³-hybridized carbons (Fsp3) is 0.176. The van der Waals surface area contributed by atoms with E-state index in [1.165, 1.54) is 7.11 Å². The average molecular weight is 631 g/mol. The van der Waals surface area contributed by atoms with Gasteiger partial charge >= 0.3 is 24.1 Å². The van der Waals surface area contributed by atoms with Crippen molar-refractivity contribution >= 4 is 24.1 Å². The predicted octanol–water partition coefficient (Wildman–Crippen LogP) is 4.10. The molecule has 0 unspecified atom stereocenters. The summed E-state index contributed by atoms with van der Waals surface area (Å²) in [7, 11) is 2.34. The van der Waals surface area contributed by atoms with Gasteiger partial charge in [-0.1, -0.05) is 97.1 Å². The Labute approximate surface area is 265 Å². The van der Waals surface area contributed by atoms with Crippen molar-refractivity contribution in [1.29, 1.82) is 0 Å². The quantitative estimate of drug-likeness (QED) is 0.187. The number of amides is 2. The van der Waals surface area contributed by atoms with Crippen molar-refractivity contribution < 1.29 is 48.3 Å². The number of aliphatic hydroxyl groups is 2. The Bertz CT molecular complexity index is 1520. The van der Waals surface area contributed by atoms with Crippen LogP contribution in [0.5, 0.6) is 11.5 Å². The highest BCUT2D eigenvalue weighted by molar-refractivity contribution is 5.83. The van der Waals surface area contributed by atoms with Crippen LogP contribution in [-0.2, 0) is 19.1 Å². The summed E-state index contributed by atoms with van der Waals surface area (Å²) < 4.78 is 19.3. The van der Waals surface area contributed by atoms with Crippen LogP contribution in [0.2, 0.25) is 0 Å². The Morgan fingerprint density at radius 3 is 1.37 bits per heavy atom. The van der Waals surface area contributed by atoms with Crippen LogP contribution >= 0.6 is 0 Å². The third-order valence-electron chi connectivity index (χ3n) is 6.28. The van der Waals surface area contributed by atoms with Crippen molar-refractivity contribution in [3.05, 3.63) is 132 Å². The molecule has 4 rings (SSSR count). The number of nitrogens with one attached hydrogen (secondary N) is 2. The highest BCUT2D eigenvalue weighted by Crippen LogP contribution is 2.20. The van der Waals surface area contributed by atoms with Gasteiger partial charge in [0, 0.05) is 0 Å². The van der Waals surface area contributed by atoms with E-state index in [1.807, 2.05) is 0 Å². The third kappa shape index (κ3) is 10.8. The van der Waals surface area contributed by atoms with Crippen molar-refractivity contribution in [2.75, 3.05) is 14.2 Å². The summed E-state index contributed by atoms with van der Waals surface area (Å²) in [6, 6.07) is 31.7. The highest BCUT2D eigenvalue weighted by atomic mass is 16.6. The topological polar surface area (TPSA) is 170 Å². The SMILES string of the molecule is COC(=O)[C@@H](NC(=O)Oc1ccccc1)[C@H](O)c1ccccc1.COC(=O)[C@@H](O)[C@H](NC(=O)Oc1ccccc1)c1ccccc1. The summed E-state index contributed by atoms with van der Waals surface area (Å²) in [4.78, 5) is 47.4. The van der Waals surface area contributed by atoms with Gasteiger partial charge in [0.1, 0.15) is 17.6 Å². The number of hydrogen-bond donors (Lipinski definition) is 4. The first kappa shape index (κ1) is 34.8. The zero-order valence-corrected chi connectivity index (χ0v) is 25.0. The molecule has 0 aliphatic rings. The first-order chi connectivity index (χ1) is 22.2. The van der Waals surface area contributed by atoms with Gasteiger partial charge < -0.3 is 39.8 Å². The van der Waals surface area contributed by atoms with Gasteiger partial charge in [-0.15, -0.1) is 0 Å². The monoisotopic (exact) mass is 630 g/mol. The smallest absolute Gasteiger partial charge is 0.413 e. The molecule has 0 radical (unpaired) electrons. The summed E-state index contributed by atoms with van der Waals surface area (Å²) >= 11 is 0. The minimum Gasteiger partial charge on any atom is -0.467 e. The van der Waals surface area contributed by atoms with Crippen molar-refractivity contribution in [1.82, 2.24) is 10.6 Å². The van der Waals surface area contributed by atoms with Gasteiger partial charge in [0.15, 0.2) is 12.1 Å². The number of methoxy groups -OCH3 is 2. The number of carbonyl (C=O) groups is 4. The fourth-order valence-corrected chi connectivity index (χ4v) is 4.00. The van der Waals surface area contributed by atoms with Crippen molar-refractivity contribution in [2.45, 2.75) is 24.3 Å². The third-order valence-corrected chi connectivity index (χ3v) is 6.28. The lowest BCUT2D eigenvalue weighted by atomic mass is 10.0. The van der Waals surface area contributed by atoms with Gasteiger partial charge in [0.25, 0.3) is 0 Å². The van der Waals surface area contributed by atoms with Crippen LogP contribution in [0.1, 0.15) is 23.3 Å². The molecule has 0 aliphatic heterocycles. The zero-order valence-electron chi connectivity index (χ0n) is 25.0. The van der Waals surface area contributed by atoms with Gasteiger partial charge in [0.05, 0.1) is 20.3 Å². The van der Waals surface area contributed by atoms with E-state index in [1.54, 1.807) is 121 Å². The zero-order chi connectivity index (χ0) is 33.3. The molecule has 12 nitrogen and oxygen atoms in total. The molecule has 0 fully saturated rings. The van der Waals surface area contributed by atoms with Crippen LogP contribution in [0.25, 0.3) is 0 Å². The minimum absolute atomic E-state index is 0.322. The van der Waals surface area contributed by atoms with Crippen LogP contribution in [0.15, 0.2) is 121 Å². The summed E-state index contributed by atoms with van der Waals surface area (Å²) in [5.41, 5.74) is 1.03. The Hall–Kier alpha value is -5.72. The molecule has 0 saturated carbocycles. The van der Waals surface area contributed by atoms with Crippen LogP contribution in [0, 0.1) is 0 Å². The van der Waals surface area contributed by atoms with Gasteiger partial charge in [-0.3, -0.25) is 0 Å². The molecule has 4 aromatic rings. The average Bonchev–Trinajstić information content (AvgIpc) is 3.10. The molecule has 46 heavy (non-hydrogen) atoms. The van der Waals surface area contributed by atoms with E-state index in [2.05, 4.69) is 20.1 Å². The summed E-state index contributed by atoms with van der Waals surface area (Å²) in [6.07, 6.45) is -4.45. The Morgan fingerprint density at radius 1 is 0.543 bits per heavy atom. The molecule has 0 spiro atoms. The van der Waals surface area contributed by atoms with Gasteiger partial charge in [-0.25, -0.2) is 19.2 Å². The molecule has 0 aliphatic carbocycles. The van der Waals surface area contributed by atoms with Gasteiger partial charge in [-0.05, 0) is 35.4 Å². The lowest BCUT2D eigenvalue weighted by Crippen LogP contribution is -2.46. The maximum Gasteiger partial charge on any atom is 0.413 e. The predicted molar refractivity (Wildman–Crippen MR) is 166 cm³/mol. The normalized spacial score (nSPS) is 12.8. The molecule has 240 valence electrons. The van der Waals surface area contributed by atoms with Gasteiger partial charge in [-0.2, -0.15) is 0 Å². The summed E-state index contributed by atoms with van der Waals surface area (Å²) in [5, 5.41) is 25.2. The second kappa shape index (κ2) is 18.2. The highest BCUT2D eigenvalue weighted by Gasteiger charge is 2.32. The Kier molecular flexibility index (Phi) is 13.7. The van der Waals surface area contributed by atoms with E-state index in [0.717, 1.165) is 7.11 Å².